The topological polar surface area (TPSA) is 54.4 Å². The van der Waals surface area contributed by atoms with Crippen LogP contribution in [0.1, 0.15) is 15.9 Å². The highest BCUT2D eigenvalue weighted by Crippen LogP contribution is 2.24. The molecule has 0 atom stereocenters. The number of rotatable bonds is 3. The van der Waals surface area contributed by atoms with Crippen LogP contribution in [0.25, 0.3) is 11.1 Å². The molecule has 3 heteroatoms. The number of aryl methyl sites for hydroxylation is 1. The lowest BCUT2D eigenvalue weighted by atomic mass is 9.96. The van der Waals surface area contributed by atoms with Gasteiger partial charge in [-0.2, -0.15) is 0 Å². The lowest BCUT2D eigenvalue weighted by Crippen LogP contribution is -2.13. The Labute approximate surface area is 105 Å². The van der Waals surface area contributed by atoms with Gasteiger partial charge in [0.25, 0.3) is 5.78 Å². The number of Topliss-reactive ketones (excluding diaryl/α,β-unsaturated/α-hetero) is 1. The summed E-state index contributed by atoms with van der Waals surface area (Å²) in [5.74, 6) is -2.32. The van der Waals surface area contributed by atoms with Crippen molar-refractivity contribution in [3.63, 3.8) is 0 Å². The second-order valence-corrected chi connectivity index (χ2v) is 4.05. The van der Waals surface area contributed by atoms with E-state index in [1.165, 1.54) is 6.07 Å². The zero-order valence-electron chi connectivity index (χ0n) is 9.88. The van der Waals surface area contributed by atoms with Gasteiger partial charge in [-0.1, -0.05) is 54.1 Å². The number of carbonyl (C=O) groups excluding carboxylic acids is 1. The number of aliphatic carboxylic acids is 1. The number of hydrogen-bond acceptors (Lipinski definition) is 2. The molecule has 0 fully saturated rings. The molecule has 0 aliphatic rings. The highest BCUT2D eigenvalue weighted by atomic mass is 16.4. The van der Waals surface area contributed by atoms with Gasteiger partial charge in [0.05, 0.1) is 0 Å². The summed E-state index contributed by atoms with van der Waals surface area (Å²) in [5.41, 5.74) is 2.81. The largest absolute Gasteiger partial charge is 0.475 e. The highest BCUT2D eigenvalue weighted by molar-refractivity contribution is 6.41. The maximum Gasteiger partial charge on any atom is 0.377 e. The quantitative estimate of drug-likeness (QED) is 0.663. The molecule has 2 aromatic carbocycles. The number of carboxylic acid groups (broad SMARTS) is 1. The Hall–Kier alpha value is -2.42. The first-order valence-corrected chi connectivity index (χ1v) is 5.53. The van der Waals surface area contributed by atoms with Crippen LogP contribution in [0.5, 0.6) is 0 Å². The lowest BCUT2D eigenvalue weighted by molar-refractivity contribution is -0.131. The maximum atomic E-state index is 11.6. The minimum atomic E-state index is -1.44. The van der Waals surface area contributed by atoms with Gasteiger partial charge in [0.15, 0.2) is 0 Å². The maximum absolute atomic E-state index is 11.6. The van der Waals surface area contributed by atoms with Crippen LogP contribution in [-0.2, 0) is 4.79 Å². The normalized spacial score (nSPS) is 10.1. The van der Waals surface area contributed by atoms with Crippen LogP contribution in [0.15, 0.2) is 48.5 Å². The van der Waals surface area contributed by atoms with E-state index in [1.807, 2.05) is 31.2 Å². The Kier molecular flexibility index (Phi) is 3.24. The second-order valence-electron chi connectivity index (χ2n) is 4.05. The van der Waals surface area contributed by atoms with Crippen LogP contribution >= 0.6 is 0 Å². The van der Waals surface area contributed by atoms with Crippen molar-refractivity contribution in [2.45, 2.75) is 6.92 Å². The fourth-order valence-electron chi connectivity index (χ4n) is 1.78. The molecule has 0 saturated carbocycles. The summed E-state index contributed by atoms with van der Waals surface area (Å²) in [4.78, 5) is 22.4. The lowest BCUT2D eigenvalue weighted by Gasteiger charge is -2.07. The number of carbonyl (C=O) groups is 2. The van der Waals surface area contributed by atoms with Crippen LogP contribution < -0.4 is 0 Å². The van der Waals surface area contributed by atoms with E-state index in [-0.39, 0.29) is 5.56 Å². The van der Waals surface area contributed by atoms with Crippen molar-refractivity contribution in [3.05, 3.63) is 59.7 Å². The van der Waals surface area contributed by atoms with Crippen molar-refractivity contribution in [2.75, 3.05) is 0 Å². The van der Waals surface area contributed by atoms with E-state index in [0.717, 1.165) is 11.1 Å². The smallest absolute Gasteiger partial charge is 0.377 e. The van der Waals surface area contributed by atoms with Crippen molar-refractivity contribution in [2.24, 2.45) is 0 Å². The van der Waals surface area contributed by atoms with E-state index < -0.39 is 11.8 Å². The van der Waals surface area contributed by atoms with Crippen LogP contribution in [0, 0.1) is 6.92 Å². The predicted molar refractivity (Wildman–Crippen MR) is 68.6 cm³/mol. The van der Waals surface area contributed by atoms with E-state index in [9.17, 15) is 9.59 Å². The number of benzene rings is 2. The molecule has 1 N–H and O–H groups in total. The standard InChI is InChI=1S/C15H12O3/c1-10-6-8-11(9-7-10)12-4-2-3-5-13(12)14(16)15(17)18/h2-9H,1H3,(H,17,18). The molecule has 3 nitrogen and oxygen atoms in total. The third-order valence-electron chi connectivity index (χ3n) is 2.73. The molecule has 2 rings (SSSR count). The first kappa shape index (κ1) is 12.0. The third-order valence-corrected chi connectivity index (χ3v) is 2.73. The Morgan fingerprint density at radius 2 is 1.56 bits per heavy atom. The summed E-state index contributed by atoms with van der Waals surface area (Å²) in [5, 5.41) is 8.80. The van der Waals surface area contributed by atoms with Crippen molar-refractivity contribution in [1.29, 1.82) is 0 Å². The van der Waals surface area contributed by atoms with Gasteiger partial charge < -0.3 is 5.11 Å². The molecule has 0 unspecified atom stereocenters. The van der Waals surface area contributed by atoms with Crippen molar-refractivity contribution in [3.8, 4) is 11.1 Å². The zero-order chi connectivity index (χ0) is 13.1. The van der Waals surface area contributed by atoms with Crippen LogP contribution in [0.3, 0.4) is 0 Å². The van der Waals surface area contributed by atoms with E-state index in [1.54, 1.807) is 18.2 Å². The molecule has 0 bridgehead atoms. The van der Waals surface area contributed by atoms with Gasteiger partial charge in [-0.15, -0.1) is 0 Å². The number of carboxylic acids is 1. The van der Waals surface area contributed by atoms with E-state index in [4.69, 9.17) is 5.11 Å². The fraction of sp³-hybridized carbons (Fsp3) is 0.0667. The Balaban J connectivity index is 2.54. The Morgan fingerprint density at radius 1 is 0.944 bits per heavy atom. The van der Waals surface area contributed by atoms with Gasteiger partial charge in [-0.05, 0) is 18.1 Å². The summed E-state index contributed by atoms with van der Waals surface area (Å²) in [6.07, 6.45) is 0. The molecule has 18 heavy (non-hydrogen) atoms. The average molecular weight is 240 g/mol. The summed E-state index contributed by atoms with van der Waals surface area (Å²) < 4.78 is 0. The first-order chi connectivity index (χ1) is 8.59. The summed E-state index contributed by atoms with van der Waals surface area (Å²) in [6, 6.07) is 14.3. The van der Waals surface area contributed by atoms with Gasteiger partial charge in [0, 0.05) is 5.56 Å². The molecule has 0 radical (unpaired) electrons. The molecule has 0 amide bonds. The van der Waals surface area contributed by atoms with Crippen LogP contribution in [-0.4, -0.2) is 16.9 Å². The summed E-state index contributed by atoms with van der Waals surface area (Å²) in [7, 11) is 0. The second kappa shape index (κ2) is 4.84. The van der Waals surface area contributed by atoms with Crippen LogP contribution in [0.2, 0.25) is 0 Å². The first-order valence-electron chi connectivity index (χ1n) is 5.53. The van der Waals surface area contributed by atoms with E-state index in [0.29, 0.717) is 5.56 Å². The molecule has 0 spiro atoms. The fourth-order valence-corrected chi connectivity index (χ4v) is 1.78. The number of ketones is 1. The minimum Gasteiger partial charge on any atom is -0.475 e. The van der Waals surface area contributed by atoms with Gasteiger partial charge in [0.1, 0.15) is 0 Å². The van der Waals surface area contributed by atoms with Crippen molar-refractivity contribution in [1.82, 2.24) is 0 Å². The molecule has 0 aliphatic carbocycles. The Bertz CT molecular complexity index is 597. The zero-order valence-corrected chi connectivity index (χ0v) is 9.88. The van der Waals surface area contributed by atoms with Gasteiger partial charge in [0.2, 0.25) is 0 Å². The number of hydrogen-bond donors (Lipinski definition) is 1. The molecule has 0 heterocycles. The molecule has 0 aromatic heterocycles. The Morgan fingerprint density at radius 3 is 2.17 bits per heavy atom. The molecular formula is C15H12O3. The highest BCUT2D eigenvalue weighted by Gasteiger charge is 2.18. The SMILES string of the molecule is Cc1ccc(-c2ccccc2C(=O)C(=O)O)cc1. The molecule has 2 aromatic rings. The molecule has 0 saturated heterocycles. The van der Waals surface area contributed by atoms with E-state index in [2.05, 4.69) is 0 Å². The molecule has 90 valence electrons. The van der Waals surface area contributed by atoms with Crippen molar-refractivity contribution >= 4 is 11.8 Å². The van der Waals surface area contributed by atoms with Crippen molar-refractivity contribution < 1.29 is 14.7 Å². The summed E-state index contributed by atoms with van der Waals surface area (Å²) in [6.45, 7) is 1.97. The monoisotopic (exact) mass is 240 g/mol. The van der Waals surface area contributed by atoms with Crippen LogP contribution in [0.4, 0.5) is 0 Å². The molecular weight excluding hydrogens is 228 g/mol. The van der Waals surface area contributed by atoms with E-state index >= 15 is 0 Å². The minimum absolute atomic E-state index is 0.217. The van der Waals surface area contributed by atoms with Gasteiger partial charge in [-0.25, -0.2) is 4.79 Å². The predicted octanol–water partition coefficient (Wildman–Crippen LogP) is 2.93. The van der Waals surface area contributed by atoms with Gasteiger partial charge in [-0.3, -0.25) is 4.79 Å². The summed E-state index contributed by atoms with van der Waals surface area (Å²) >= 11 is 0. The molecule has 0 aliphatic heterocycles. The third kappa shape index (κ3) is 2.30. The average Bonchev–Trinajstić information content (AvgIpc) is 2.39. The van der Waals surface area contributed by atoms with Gasteiger partial charge >= 0.3 is 5.97 Å².